The lowest BCUT2D eigenvalue weighted by molar-refractivity contribution is 0.270. The van der Waals surface area contributed by atoms with Gasteiger partial charge in [-0.3, -0.25) is 0 Å². The molecule has 0 bridgehead atoms. The molecule has 2 aromatic carbocycles. The van der Waals surface area contributed by atoms with Gasteiger partial charge >= 0.3 is 0 Å². The molecule has 0 N–H and O–H groups in total. The van der Waals surface area contributed by atoms with Gasteiger partial charge in [0.05, 0.1) is 14.7 Å². The number of rotatable bonds is 6. The van der Waals surface area contributed by atoms with Crippen molar-refractivity contribution < 1.29 is 29.8 Å². The Morgan fingerprint density at radius 1 is 0.824 bits per heavy atom. The van der Waals surface area contributed by atoms with Gasteiger partial charge in [-0.2, -0.15) is 9.29 Å². The van der Waals surface area contributed by atoms with Gasteiger partial charge < -0.3 is 4.52 Å². The molecule has 0 amide bonds. The van der Waals surface area contributed by atoms with Crippen molar-refractivity contribution in [2.75, 3.05) is 25.6 Å². The van der Waals surface area contributed by atoms with E-state index in [9.17, 15) is 25.3 Å². The van der Waals surface area contributed by atoms with Crippen LogP contribution in [0.1, 0.15) is 24.7 Å². The first-order chi connectivity index (χ1) is 15.9. The Bertz CT molecular complexity index is 1520. The molecule has 1 aromatic heterocycles. The Balaban J connectivity index is 1.46. The van der Waals surface area contributed by atoms with Gasteiger partial charge in [0.25, 0.3) is 0 Å². The van der Waals surface area contributed by atoms with Crippen LogP contribution in [-0.4, -0.2) is 65.3 Å². The van der Waals surface area contributed by atoms with E-state index in [4.69, 9.17) is 4.52 Å². The predicted octanol–water partition coefficient (Wildman–Crippen LogP) is 2.11. The summed E-state index contributed by atoms with van der Waals surface area (Å²) in [6.45, 7) is 0.438. The number of sulfone groups is 2. The molecule has 182 valence electrons. The minimum Gasteiger partial charge on any atom is -0.339 e. The summed E-state index contributed by atoms with van der Waals surface area (Å²) in [7, 11) is -10.7. The van der Waals surface area contributed by atoms with Gasteiger partial charge in [-0.05, 0) is 55.3 Å². The first kappa shape index (κ1) is 24.5. The molecule has 3 aromatic rings. The van der Waals surface area contributed by atoms with Gasteiger partial charge in [-0.15, -0.1) is 0 Å². The molecule has 0 unspecified atom stereocenters. The van der Waals surface area contributed by atoms with E-state index in [2.05, 4.69) is 10.1 Å². The largest absolute Gasteiger partial charge is 0.339 e. The van der Waals surface area contributed by atoms with Crippen LogP contribution in [0.2, 0.25) is 0 Å². The maximum Gasteiger partial charge on any atom is 0.243 e. The van der Waals surface area contributed by atoms with E-state index in [1.807, 2.05) is 0 Å². The van der Waals surface area contributed by atoms with E-state index in [0.29, 0.717) is 30.1 Å². The number of piperidine rings is 1. The lowest BCUT2D eigenvalue weighted by atomic mass is 9.98. The highest BCUT2D eigenvalue weighted by molar-refractivity contribution is 7.91. The number of nitrogens with zero attached hydrogens (tertiary/aromatic N) is 3. The molecule has 1 aliphatic rings. The summed E-state index contributed by atoms with van der Waals surface area (Å²) >= 11 is 0. The third-order valence-electron chi connectivity index (χ3n) is 5.66. The Morgan fingerprint density at radius 2 is 1.41 bits per heavy atom. The summed E-state index contributed by atoms with van der Waals surface area (Å²) in [5.41, 5.74) is 0.605. The highest BCUT2D eigenvalue weighted by atomic mass is 32.2. The van der Waals surface area contributed by atoms with Crippen LogP contribution in [-0.2, 0) is 29.7 Å². The Morgan fingerprint density at radius 3 is 2.00 bits per heavy atom. The number of hydrogen-bond acceptors (Lipinski definition) is 9. The molecule has 0 aliphatic carbocycles. The van der Waals surface area contributed by atoms with Crippen LogP contribution in [0.15, 0.2) is 67.7 Å². The summed E-state index contributed by atoms with van der Waals surface area (Å²) in [6, 6.07) is 11.5. The topological polar surface area (TPSA) is 145 Å². The van der Waals surface area contributed by atoms with Crippen molar-refractivity contribution in [2.24, 2.45) is 0 Å². The SMILES string of the molecule is CS(=O)(=O)c1ccc(-c2noc(C3CCN(S(=O)(=O)c4cccc(S(C)(=O)=O)c4)CC3)n2)cc1. The number of aromatic nitrogens is 2. The van der Waals surface area contributed by atoms with Crippen molar-refractivity contribution in [3.05, 3.63) is 54.4 Å². The van der Waals surface area contributed by atoms with Crippen LogP contribution in [0.3, 0.4) is 0 Å². The zero-order valence-electron chi connectivity index (χ0n) is 18.4. The Kier molecular flexibility index (Phi) is 6.40. The third-order valence-corrected chi connectivity index (χ3v) is 9.79. The minimum atomic E-state index is -3.85. The standard InChI is InChI=1S/C21H23N3O7S3/c1-32(25,26)17-8-6-15(7-9-17)20-22-21(31-23-20)16-10-12-24(13-11-16)34(29,30)19-5-3-4-18(14-19)33(2,27)28/h3-9,14,16H,10-13H2,1-2H3. The second kappa shape index (κ2) is 8.87. The first-order valence-corrected chi connectivity index (χ1v) is 15.5. The summed E-state index contributed by atoms with van der Waals surface area (Å²) in [4.78, 5) is 4.50. The van der Waals surface area contributed by atoms with Crippen molar-refractivity contribution in [3.8, 4) is 11.4 Å². The molecule has 10 nitrogen and oxygen atoms in total. The maximum absolute atomic E-state index is 13.0. The first-order valence-electron chi connectivity index (χ1n) is 10.3. The van der Waals surface area contributed by atoms with Crippen LogP contribution in [0.25, 0.3) is 11.4 Å². The predicted molar refractivity (Wildman–Crippen MR) is 123 cm³/mol. The molecular weight excluding hydrogens is 502 g/mol. The molecule has 0 saturated carbocycles. The highest BCUT2D eigenvalue weighted by Gasteiger charge is 2.32. The van der Waals surface area contributed by atoms with Crippen LogP contribution >= 0.6 is 0 Å². The summed E-state index contributed by atoms with van der Waals surface area (Å²) < 4.78 is 79.6. The van der Waals surface area contributed by atoms with Crippen LogP contribution < -0.4 is 0 Å². The Hall–Kier alpha value is -2.61. The lowest BCUT2D eigenvalue weighted by Gasteiger charge is -2.29. The molecule has 0 atom stereocenters. The van der Waals surface area contributed by atoms with Gasteiger partial charge in [0, 0.05) is 37.1 Å². The van der Waals surface area contributed by atoms with E-state index in [-0.39, 0.29) is 33.7 Å². The zero-order valence-corrected chi connectivity index (χ0v) is 20.9. The monoisotopic (exact) mass is 525 g/mol. The van der Waals surface area contributed by atoms with E-state index >= 15 is 0 Å². The van der Waals surface area contributed by atoms with Crippen molar-refractivity contribution in [3.63, 3.8) is 0 Å². The van der Waals surface area contributed by atoms with Gasteiger partial charge in [0.1, 0.15) is 0 Å². The number of sulfonamides is 1. The third kappa shape index (κ3) is 5.06. The smallest absolute Gasteiger partial charge is 0.243 e. The molecule has 1 saturated heterocycles. The summed E-state index contributed by atoms with van der Waals surface area (Å²) in [6.07, 6.45) is 3.08. The van der Waals surface area contributed by atoms with Gasteiger partial charge in [-0.1, -0.05) is 11.2 Å². The molecule has 0 spiro atoms. The fraction of sp³-hybridized carbons (Fsp3) is 0.333. The van der Waals surface area contributed by atoms with Crippen molar-refractivity contribution >= 4 is 29.7 Å². The summed E-state index contributed by atoms with van der Waals surface area (Å²) in [5.74, 6) is 0.575. The van der Waals surface area contributed by atoms with Gasteiger partial charge in [-0.25, -0.2) is 25.3 Å². The second-order valence-electron chi connectivity index (χ2n) is 8.18. The van der Waals surface area contributed by atoms with E-state index in [1.165, 1.54) is 40.7 Å². The van der Waals surface area contributed by atoms with Crippen molar-refractivity contribution in [1.29, 1.82) is 0 Å². The average molecular weight is 526 g/mol. The normalized spacial score (nSPS) is 16.5. The molecule has 34 heavy (non-hydrogen) atoms. The zero-order chi connectivity index (χ0) is 24.7. The molecule has 13 heteroatoms. The van der Waals surface area contributed by atoms with E-state index < -0.39 is 29.7 Å². The molecular formula is C21H23N3O7S3. The van der Waals surface area contributed by atoms with Crippen LogP contribution in [0, 0.1) is 0 Å². The van der Waals surface area contributed by atoms with Gasteiger partial charge in [0.2, 0.25) is 21.7 Å². The minimum absolute atomic E-state index is 0.0496. The molecule has 2 heterocycles. The molecule has 0 radical (unpaired) electrons. The molecule has 4 rings (SSSR count). The molecule has 1 fully saturated rings. The van der Waals surface area contributed by atoms with Crippen LogP contribution in [0.4, 0.5) is 0 Å². The fourth-order valence-corrected chi connectivity index (χ4v) is 6.61. The Labute approximate surface area is 198 Å². The lowest BCUT2D eigenvalue weighted by Crippen LogP contribution is -2.38. The van der Waals surface area contributed by atoms with Crippen LogP contribution in [0.5, 0.6) is 0 Å². The second-order valence-corrected chi connectivity index (χ2v) is 14.1. The van der Waals surface area contributed by atoms with Gasteiger partial charge in [0.15, 0.2) is 19.7 Å². The highest BCUT2D eigenvalue weighted by Crippen LogP contribution is 2.31. The van der Waals surface area contributed by atoms with Crippen molar-refractivity contribution in [2.45, 2.75) is 33.4 Å². The van der Waals surface area contributed by atoms with Crippen molar-refractivity contribution in [1.82, 2.24) is 14.4 Å². The quantitative estimate of drug-likeness (QED) is 0.472. The van der Waals surface area contributed by atoms with E-state index in [1.54, 1.807) is 12.1 Å². The summed E-state index contributed by atoms with van der Waals surface area (Å²) in [5, 5.41) is 3.98. The molecule has 1 aliphatic heterocycles. The average Bonchev–Trinajstić information content (AvgIpc) is 3.29. The number of hydrogen-bond donors (Lipinski definition) is 0. The fourth-order valence-electron chi connectivity index (χ4n) is 3.73. The maximum atomic E-state index is 13.0. The number of benzene rings is 2. The van der Waals surface area contributed by atoms with E-state index in [0.717, 1.165) is 12.5 Å².